The molecule has 0 N–H and O–H groups in total. The number of carbonyl (C=O) groups excluding carboxylic acids is 1. The lowest BCUT2D eigenvalue weighted by Crippen LogP contribution is -2.34. The molecule has 1 aliphatic heterocycles. The van der Waals surface area contributed by atoms with E-state index in [1.165, 1.54) is 0 Å². The SMILES string of the molecule is O=C(COc1ccc(I)cc1)N1CCC(F)(F)C1. The number of hydrogen-bond donors (Lipinski definition) is 0. The van der Waals surface area contributed by atoms with Crippen molar-refractivity contribution in [3.05, 3.63) is 27.8 Å². The summed E-state index contributed by atoms with van der Waals surface area (Å²) in [6.45, 7) is -0.597. The number of rotatable bonds is 3. The highest BCUT2D eigenvalue weighted by Gasteiger charge is 2.40. The third-order valence-corrected chi connectivity index (χ3v) is 3.42. The third kappa shape index (κ3) is 3.54. The van der Waals surface area contributed by atoms with Crippen LogP contribution in [0.2, 0.25) is 0 Å². The van der Waals surface area contributed by atoms with E-state index < -0.39 is 18.4 Å². The topological polar surface area (TPSA) is 29.5 Å². The first-order valence-corrected chi connectivity index (χ1v) is 6.58. The number of halogens is 3. The largest absolute Gasteiger partial charge is 0.484 e. The summed E-state index contributed by atoms with van der Waals surface area (Å²) in [7, 11) is 0. The fourth-order valence-electron chi connectivity index (χ4n) is 1.72. The van der Waals surface area contributed by atoms with Crippen molar-refractivity contribution in [3.63, 3.8) is 0 Å². The van der Waals surface area contributed by atoms with Gasteiger partial charge in [0, 0.05) is 16.5 Å². The molecular weight excluding hydrogens is 355 g/mol. The van der Waals surface area contributed by atoms with Crippen LogP contribution >= 0.6 is 22.6 Å². The summed E-state index contributed by atoms with van der Waals surface area (Å²) in [6, 6.07) is 7.19. The fraction of sp³-hybridized carbons (Fsp3) is 0.417. The van der Waals surface area contributed by atoms with E-state index >= 15 is 0 Å². The second kappa shape index (κ2) is 5.38. The van der Waals surface area contributed by atoms with Gasteiger partial charge in [-0.3, -0.25) is 4.79 Å². The summed E-state index contributed by atoms with van der Waals surface area (Å²) in [4.78, 5) is 12.8. The quantitative estimate of drug-likeness (QED) is 0.769. The molecule has 1 aromatic carbocycles. The molecule has 3 nitrogen and oxygen atoms in total. The van der Waals surface area contributed by atoms with Crippen molar-refractivity contribution in [1.82, 2.24) is 4.90 Å². The first-order chi connectivity index (χ1) is 8.46. The van der Waals surface area contributed by atoms with Crippen molar-refractivity contribution in [2.24, 2.45) is 0 Å². The summed E-state index contributed by atoms with van der Waals surface area (Å²) in [6.07, 6.45) is -0.262. The average molecular weight is 367 g/mol. The zero-order valence-corrected chi connectivity index (χ0v) is 11.7. The predicted molar refractivity (Wildman–Crippen MR) is 70.8 cm³/mol. The smallest absolute Gasteiger partial charge is 0.267 e. The molecule has 1 saturated heterocycles. The molecule has 1 aromatic rings. The van der Waals surface area contributed by atoms with Crippen molar-refractivity contribution in [3.8, 4) is 5.75 Å². The van der Waals surface area contributed by atoms with Crippen LogP contribution in [0.25, 0.3) is 0 Å². The van der Waals surface area contributed by atoms with Gasteiger partial charge in [-0.15, -0.1) is 0 Å². The van der Waals surface area contributed by atoms with Crippen LogP contribution in [0.5, 0.6) is 5.75 Å². The molecule has 0 unspecified atom stereocenters. The van der Waals surface area contributed by atoms with Gasteiger partial charge in [-0.25, -0.2) is 8.78 Å². The van der Waals surface area contributed by atoms with E-state index in [0.717, 1.165) is 8.47 Å². The first kappa shape index (κ1) is 13.5. The third-order valence-electron chi connectivity index (χ3n) is 2.70. The molecule has 2 rings (SSSR count). The van der Waals surface area contributed by atoms with Gasteiger partial charge in [-0.05, 0) is 46.9 Å². The van der Waals surface area contributed by atoms with E-state index in [1.807, 2.05) is 12.1 Å². The Bertz CT molecular complexity index is 436. The average Bonchev–Trinajstić information content (AvgIpc) is 2.69. The minimum absolute atomic E-state index is 0.0991. The van der Waals surface area contributed by atoms with Crippen molar-refractivity contribution < 1.29 is 18.3 Å². The number of alkyl halides is 2. The van der Waals surface area contributed by atoms with Crippen LogP contribution in [0.4, 0.5) is 8.78 Å². The number of benzene rings is 1. The monoisotopic (exact) mass is 367 g/mol. The van der Waals surface area contributed by atoms with E-state index in [4.69, 9.17) is 4.74 Å². The molecule has 0 bridgehead atoms. The molecule has 1 fully saturated rings. The van der Waals surface area contributed by atoms with Gasteiger partial charge in [0.2, 0.25) is 0 Å². The molecule has 0 saturated carbocycles. The molecule has 1 amide bonds. The molecule has 0 radical (unpaired) electrons. The van der Waals surface area contributed by atoms with E-state index in [0.29, 0.717) is 5.75 Å². The molecule has 0 aliphatic carbocycles. The Labute approximate surface area is 117 Å². The van der Waals surface area contributed by atoms with Crippen molar-refractivity contribution in [1.29, 1.82) is 0 Å². The second-order valence-corrected chi connectivity index (χ2v) is 5.41. The van der Waals surface area contributed by atoms with Crippen LogP contribution in [0.15, 0.2) is 24.3 Å². The number of likely N-dealkylation sites (tertiary alicyclic amines) is 1. The zero-order chi connectivity index (χ0) is 13.2. The van der Waals surface area contributed by atoms with Gasteiger partial charge in [-0.1, -0.05) is 0 Å². The number of nitrogens with zero attached hydrogens (tertiary/aromatic N) is 1. The number of ether oxygens (including phenoxy) is 1. The lowest BCUT2D eigenvalue weighted by molar-refractivity contribution is -0.133. The van der Waals surface area contributed by atoms with E-state index in [1.54, 1.807) is 12.1 Å². The van der Waals surface area contributed by atoms with Crippen LogP contribution in [0.1, 0.15) is 6.42 Å². The second-order valence-electron chi connectivity index (χ2n) is 4.16. The Morgan fingerprint density at radius 1 is 1.39 bits per heavy atom. The fourth-order valence-corrected chi connectivity index (χ4v) is 2.08. The summed E-state index contributed by atoms with van der Waals surface area (Å²) in [5, 5.41) is 0. The van der Waals surface area contributed by atoms with Crippen molar-refractivity contribution >= 4 is 28.5 Å². The molecule has 0 spiro atoms. The van der Waals surface area contributed by atoms with E-state index in [-0.39, 0.29) is 19.6 Å². The maximum atomic E-state index is 12.9. The number of hydrogen-bond acceptors (Lipinski definition) is 2. The first-order valence-electron chi connectivity index (χ1n) is 5.50. The van der Waals surface area contributed by atoms with Crippen LogP contribution in [0.3, 0.4) is 0 Å². The molecule has 18 heavy (non-hydrogen) atoms. The lowest BCUT2D eigenvalue weighted by Gasteiger charge is -2.16. The van der Waals surface area contributed by atoms with Gasteiger partial charge < -0.3 is 9.64 Å². The van der Waals surface area contributed by atoms with Gasteiger partial charge in [0.15, 0.2) is 6.61 Å². The van der Waals surface area contributed by atoms with Crippen LogP contribution < -0.4 is 4.74 Å². The van der Waals surface area contributed by atoms with E-state index in [2.05, 4.69) is 22.6 Å². The molecule has 1 aliphatic rings. The minimum Gasteiger partial charge on any atom is -0.484 e. The standard InChI is InChI=1S/C12H12F2INO2/c13-12(14)5-6-16(8-12)11(17)7-18-10-3-1-9(15)2-4-10/h1-4H,5-8H2. The molecule has 0 atom stereocenters. The van der Waals surface area contributed by atoms with Gasteiger partial charge in [0.05, 0.1) is 6.54 Å². The van der Waals surface area contributed by atoms with Crippen LogP contribution in [0, 0.1) is 3.57 Å². The van der Waals surface area contributed by atoms with Crippen molar-refractivity contribution in [2.45, 2.75) is 12.3 Å². The Morgan fingerprint density at radius 3 is 2.61 bits per heavy atom. The minimum atomic E-state index is -2.75. The van der Waals surface area contributed by atoms with Gasteiger partial charge >= 0.3 is 0 Å². The predicted octanol–water partition coefficient (Wildman–Crippen LogP) is 2.54. The molecule has 98 valence electrons. The molecule has 1 heterocycles. The van der Waals surface area contributed by atoms with Gasteiger partial charge in [-0.2, -0.15) is 0 Å². The van der Waals surface area contributed by atoms with Crippen LogP contribution in [-0.4, -0.2) is 36.4 Å². The summed E-state index contributed by atoms with van der Waals surface area (Å²) in [5.41, 5.74) is 0. The normalized spacial score (nSPS) is 17.8. The number of carbonyl (C=O) groups is 1. The molecule has 6 heteroatoms. The summed E-state index contributed by atoms with van der Waals surface area (Å²) < 4.78 is 32.2. The number of amides is 1. The van der Waals surface area contributed by atoms with E-state index in [9.17, 15) is 13.6 Å². The highest BCUT2D eigenvalue weighted by Crippen LogP contribution is 2.26. The van der Waals surface area contributed by atoms with Crippen molar-refractivity contribution in [2.75, 3.05) is 19.7 Å². The Hall–Kier alpha value is -0.920. The Kier molecular flexibility index (Phi) is 4.04. The lowest BCUT2D eigenvalue weighted by atomic mass is 10.3. The summed E-state index contributed by atoms with van der Waals surface area (Å²) >= 11 is 2.16. The Morgan fingerprint density at radius 2 is 2.06 bits per heavy atom. The van der Waals surface area contributed by atoms with Gasteiger partial charge in [0.25, 0.3) is 11.8 Å². The molecular formula is C12H12F2INO2. The highest BCUT2D eigenvalue weighted by molar-refractivity contribution is 14.1. The zero-order valence-electron chi connectivity index (χ0n) is 9.54. The molecule has 0 aromatic heterocycles. The maximum absolute atomic E-state index is 12.9. The maximum Gasteiger partial charge on any atom is 0.267 e. The highest BCUT2D eigenvalue weighted by atomic mass is 127. The summed E-state index contributed by atoms with van der Waals surface area (Å²) in [5.74, 6) is -2.58. The van der Waals surface area contributed by atoms with Crippen LogP contribution in [-0.2, 0) is 4.79 Å². The van der Waals surface area contributed by atoms with Gasteiger partial charge in [0.1, 0.15) is 5.75 Å². The Balaban J connectivity index is 1.84.